The Morgan fingerprint density at radius 2 is 1.71 bits per heavy atom. The fraction of sp³-hybridized carbons (Fsp3) is 0.133. The Morgan fingerprint density at radius 1 is 1.06 bits per heavy atom. The molecule has 0 N–H and O–H groups in total. The van der Waals surface area contributed by atoms with Gasteiger partial charge in [0.05, 0.1) is 0 Å². The zero-order valence-corrected chi connectivity index (χ0v) is 10.4. The van der Waals surface area contributed by atoms with Crippen LogP contribution in [0.4, 0.5) is 0 Å². The van der Waals surface area contributed by atoms with E-state index in [-0.39, 0.29) is 0 Å². The highest BCUT2D eigenvalue weighted by Gasteiger charge is 2.08. The molecule has 0 amide bonds. The van der Waals surface area contributed by atoms with E-state index in [1.165, 1.54) is 11.1 Å². The Bertz CT molecular complexity index is 529. The molecule has 0 bridgehead atoms. The van der Waals surface area contributed by atoms with Crippen LogP contribution >= 0.6 is 11.6 Å². The highest BCUT2D eigenvalue weighted by molar-refractivity contribution is 6.67. The first-order valence-corrected chi connectivity index (χ1v) is 5.88. The van der Waals surface area contributed by atoms with Gasteiger partial charge in [0, 0.05) is 5.56 Å². The Hall–Kier alpha value is -1.60. The summed E-state index contributed by atoms with van der Waals surface area (Å²) in [4.78, 5) is 11.3. The van der Waals surface area contributed by atoms with Crippen molar-refractivity contribution in [3.05, 3.63) is 70.8 Å². The number of benzene rings is 2. The van der Waals surface area contributed by atoms with E-state index < -0.39 is 5.24 Å². The molecule has 0 radical (unpaired) electrons. The van der Waals surface area contributed by atoms with Crippen LogP contribution < -0.4 is 0 Å². The van der Waals surface area contributed by atoms with Crippen molar-refractivity contribution < 1.29 is 4.79 Å². The van der Waals surface area contributed by atoms with Gasteiger partial charge in [0.2, 0.25) is 0 Å². The number of halogens is 1. The molecule has 2 heteroatoms. The number of hydrogen-bond donors (Lipinski definition) is 0. The number of hydrogen-bond acceptors (Lipinski definition) is 1. The lowest BCUT2D eigenvalue weighted by molar-refractivity contribution is 0.108. The highest BCUT2D eigenvalue weighted by atomic mass is 35.5. The molecule has 0 saturated heterocycles. The van der Waals surface area contributed by atoms with Crippen LogP contribution in [0.15, 0.2) is 48.5 Å². The van der Waals surface area contributed by atoms with Crippen molar-refractivity contribution in [3.8, 4) is 0 Å². The second-order valence-electron chi connectivity index (χ2n) is 4.09. The summed E-state index contributed by atoms with van der Waals surface area (Å²) < 4.78 is 0. The molecule has 2 rings (SSSR count). The Labute approximate surface area is 106 Å². The molecule has 0 spiro atoms. The number of aryl methyl sites for hydroxylation is 1. The standard InChI is InChI=1S/C15H13ClO/c1-11-6-8-12(9-7-11)10-13-4-2-3-5-14(13)15(16)17/h2-9H,10H2,1H3. The van der Waals surface area contributed by atoms with E-state index in [4.69, 9.17) is 11.6 Å². The second-order valence-corrected chi connectivity index (χ2v) is 4.44. The van der Waals surface area contributed by atoms with Crippen molar-refractivity contribution in [2.45, 2.75) is 13.3 Å². The fourth-order valence-corrected chi connectivity index (χ4v) is 1.98. The van der Waals surface area contributed by atoms with Crippen LogP contribution in [0.25, 0.3) is 0 Å². The molecule has 0 heterocycles. The number of rotatable bonds is 3. The molecule has 0 fully saturated rings. The summed E-state index contributed by atoms with van der Waals surface area (Å²) in [6.45, 7) is 2.06. The minimum Gasteiger partial charge on any atom is -0.276 e. The first-order valence-electron chi connectivity index (χ1n) is 5.50. The molecule has 1 nitrogen and oxygen atoms in total. The van der Waals surface area contributed by atoms with E-state index in [1.807, 2.05) is 18.2 Å². The summed E-state index contributed by atoms with van der Waals surface area (Å²) in [6.07, 6.45) is 0.731. The van der Waals surface area contributed by atoms with Gasteiger partial charge in [0.25, 0.3) is 5.24 Å². The minimum atomic E-state index is -0.396. The van der Waals surface area contributed by atoms with Gasteiger partial charge < -0.3 is 0 Å². The molecule has 0 aliphatic carbocycles. The van der Waals surface area contributed by atoms with Gasteiger partial charge in [-0.1, -0.05) is 48.0 Å². The van der Waals surface area contributed by atoms with Crippen molar-refractivity contribution >= 4 is 16.8 Å². The summed E-state index contributed by atoms with van der Waals surface area (Å²) in [5, 5.41) is -0.396. The van der Waals surface area contributed by atoms with Gasteiger partial charge in [-0.3, -0.25) is 4.79 Å². The molecular weight excluding hydrogens is 232 g/mol. The quantitative estimate of drug-likeness (QED) is 0.747. The molecule has 0 aromatic heterocycles. The average molecular weight is 245 g/mol. The molecule has 2 aromatic carbocycles. The predicted octanol–water partition coefficient (Wildman–Crippen LogP) is 3.96. The largest absolute Gasteiger partial charge is 0.276 e. The predicted molar refractivity (Wildman–Crippen MR) is 70.6 cm³/mol. The maximum absolute atomic E-state index is 11.3. The summed E-state index contributed by atoms with van der Waals surface area (Å²) in [5.74, 6) is 0. The summed E-state index contributed by atoms with van der Waals surface area (Å²) >= 11 is 5.56. The van der Waals surface area contributed by atoms with E-state index in [0.29, 0.717) is 5.56 Å². The topological polar surface area (TPSA) is 17.1 Å². The molecule has 0 saturated carbocycles. The summed E-state index contributed by atoms with van der Waals surface area (Å²) in [5.41, 5.74) is 3.97. The van der Waals surface area contributed by atoms with E-state index in [2.05, 4.69) is 31.2 Å². The Kier molecular flexibility index (Phi) is 3.60. The van der Waals surface area contributed by atoms with Crippen LogP contribution in [-0.2, 0) is 6.42 Å². The van der Waals surface area contributed by atoms with Gasteiger partial charge >= 0.3 is 0 Å². The monoisotopic (exact) mass is 244 g/mol. The first kappa shape index (κ1) is 11.9. The third-order valence-electron chi connectivity index (χ3n) is 2.74. The van der Waals surface area contributed by atoms with Crippen molar-refractivity contribution in [2.24, 2.45) is 0 Å². The van der Waals surface area contributed by atoms with Crippen LogP contribution in [0.2, 0.25) is 0 Å². The van der Waals surface area contributed by atoms with E-state index in [0.717, 1.165) is 12.0 Å². The van der Waals surface area contributed by atoms with Gasteiger partial charge in [0.15, 0.2) is 0 Å². The minimum absolute atomic E-state index is 0.396. The molecular formula is C15H13ClO. The van der Waals surface area contributed by atoms with Gasteiger partial charge in [-0.25, -0.2) is 0 Å². The van der Waals surface area contributed by atoms with E-state index >= 15 is 0 Å². The smallest absolute Gasteiger partial charge is 0.252 e. The van der Waals surface area contributed by atoms with Crippen LogP contribution in [-0.4, -0.2) is 5.24 Å². The molecule has 0 aliphatic heterocycles. The zero-order chi connectivity index (χ0) is 12.3. The third-order valence-corrected chi connectivity index (χ3v) is 2.95. The molecule has 17 heavy (non-hydrogen) atoms. The van der Waals surface area contributed by atoms with E-state index in [9.17, 15) is 4.79 Å². The van der Waals surface area contributed by atoms with Gasteiger partial charge in [-0.2, -0.15) is 0 Å². The van der Waals surface area contributed by atoms with Crippen molar-refractivity contribution in [3.63, 3.8) is 0 Å². The first-order chi connectivity index (χ1) is 8.16. The summed E-state index contributed by atoms with van der Waals surface area (Å²) in [6, 6.07) is 15.7. The Balaban J connectivity index is 2.30. The van der Waals surface area contributed by atoms with Crippen molar-refractivity contribution in [2.75, 3.05) is 0 Å². The van der Waals surface area contributed by atoms with Gasteiger partial charge in [-0.15, -0.1) is 0 Å². The number of carbonyl (C=O) groups excluding carboxylic acids is 1. The zero-order valence-electron chi connectivity index (χ0n) is 9.61. The lowest BCUT2D eigenvalue weighted by Crippen LogP contribution is -1.98. The van der Waals surface area contributed by atoms with Gasteiger partial charge in [-0.05, 0) is 42.1 Å². The van der Waals surface area contributed by atoms with Crippen LogP contribution in [0.1, 0.15) is 27.0 Å². The highest BCUT2D eigenvalue weighted by Crippen LogP contribution is 2.16. The van der Waals surface area contributed by atoms with Crippen LogP contribution in [0.5, 0.6) is 0 Å². The molecule has 0 unspecified atom stereocenters. The van der Waals surface area contributed by atoms with Crippen molar-refractivity contribution in [1.82, 2.24) is 0 Å². The average Bonchev–Trinajstić information content (AvgIpc) is 2.32. The molecule has 0 aliphatic rings. The molecule has 86 valence electrons. The summed E-state index contributed by atoms with van der Waals surface area (Å²) in [7, 11) is 0. The van der Waals surface area contributed by atoms with E-state index in [1.54, 1.807) is 6.07 Å². The SMILES string of the molecule is Cc1ccc(Cc2ccccc2C(=O)Cl)cc1. The third kappa shape index (κ3) is 2.95. The molecule has 0 atom stereocenters. The maximum Gasteiger partial charge on any atom is 0.252 e. The second kappa shape index (κ2) is 5.15. The lowest BCUT2D eigenvalue weighted by Gasteiger charge is -2.06. The maximum atomic E-state index is 11.3. The normalized spacial score (nSPS) is 10.2. The Morgan fingerprint density at radius 3 is 2.35 bits per heavy atom. The lowest BCUT2D eigenvalue weighted by atomic mass is 10.00. The van der Waals surface area contributed by atoms with Crippen LogP contribution in [0, 0.1) is 6.92 Å². The van der Waals surface area contributed by atoms with Crippen molar-refractivity contribution in [1.29, 1.82) is 0 Å². The number of carbonyl (C=O) groups is 1. The molecule has 2 aromatic rings. The van der Waals surface area contributed by atoms with Gasteiger partial charge in [0.1, 0.15) is 0 Å². The fourth-order valence-electron chi connectivity index (χ4n) is 1.79. The van der Waals surface area contributed by atoms with Crippen LogP contribution in [0.3, 0.4) is 0 Å².